The summed E-state index contributed by atoms with van der Waals surface area (Å²) in [6.07, 6.45) is 0. The van der Waals surface area contributed by atoms with E-state index in [0.717, 1.165) is 10.2 Å². The summed E-state index contributed by atoms with van der Waals surface area (Å²) in [5, 5.41) is 7.68. The molecule has 22 heavy (non-hydrogen) atoms. The zero-order chi connectivity index (χ0) is 16.3. The van der Waals surface area contributed by atoms with Crippen LogP contribution < -0.4 is 10.6 Å². The molecular formula is C17H18BrClN2S. The minimum absolute atomic E-state index is 0.131. The van der Waals surface area contributed by atoms with Crippen LogP contribution in [0.1, 0.15) is 29.7 Å². The van der Waals surface area contributed by atoms with Crippen LogP contribution in [0.25, 0.3) is 0 Å². The van der Waals surface area contributed by atoms with Gasteiger partial charge in [0.25, 0.3) is 0 Å². The molecular weight excluding hydrogens is 380 g/mol. The SMILES string of the molecule is Cc1ccc(C(C)NC(=S)Nc2ccc(Br)c(Cl)c2)c(C)c1. The molecule has 2 aromatic rings. The maximum Gasteiger partial charge on any atom is 0.171 e. The lowest BCUT2D eigenvalue weighted by molar-refractivity contribution is 0.717. The number of nitrogens with one attached hydrogen (secondary N) is 2. The summed E-state index contributed by atoms with van der Waals surface area (Å²) in [6.45, 7) is 6.31. The molecule has 0 spiro atoms. The monoisotopic (exact) mass is 396 g/mol. The van der Waals surface area contributed by atoms with Crippen molar-refractivity contribution in [3.8, 4) is 0 Å². The topological polar surface area (TPSA) is 24.1 Å². The lowest BCUT2D eigenvalue weighted by Gasteiger charge is -2.19. The van der Waals surface area contributed by atoms with Gasteiger partial charge >= 0.3 is 0 Å². The Morgan fingerprint density at radius 1 is 1.18 bits per heavy atom. The van der Waals surface area contributed by atoms with Gasteiger partial charge in [-0.2, -0.15) is 0 Å². The summed E-state index contributed by atoms with van der Waals surface area (Å²) in [5.41, 5.74) is 4.62. The van der Waals surface area contributed by atoms with Gasteiger partial charge in [-0.3, -0.25) is 0 Å². The zero-order valence-electron chi connectivity index (χ0n) is 12.7. The zero-order valence-corrected chi connectivity index (χ0v) is 15.9. The average Bonchev–Trinajstić information content (AvgIpc) is 2.42. The van der Waals surface area contributed by atoms with E-state index in [9.17, 15) is 0 Å². The van der Waals surface area contributed by atoms with Crippen molar-refractivity contribution in [3.63, 3.8) is 0 Å². The van der Waals surface area contributed by atoms with Crippen LogP contribution in [0.15, 0.2) is 40.9 Å². The first-order valence-corrected chi connectivity index (χ1v) is 8.54. The first kappa shape index (κ1) is 17.3. The molecule has 0 fully saturated rings. The van der Waals surface area contributed by atoms with Crippen molar-refractivity contribution >= 4 is 50.5 Å². The van der Waals surface area contributed by atoms with Crippen LogP contribution >= 0.6 is 39.7 Å². The largest absolute Gasteiger partial charge is 0.356 e. The summed E-state index contributed by atoms with van der Waals surface area (Å²) in [4.78, 5) is 0. The number of benzene rings is 2. The molecule has 5 heteroatoms. The summed E-state index contributed by atoms with van der Waals surface area (Å²) >= 11 is 14.8. The van der Waals surface area contributed by atoms with Gasteiger partial charge in [-0.25, -0.2) is 0 Å². The van der Waals surface area contributed by atoms with E-state index < -0.39 is 0 Å². The third-order valence-electron chi connectivity index (χ3n) is 3.42. The van der Waals surface area contributed by atoms with E-state index >= 15 is 0 Å². The Morgan fingerprint density at radius 2 is 1.91 bits per heavy atom. The molecule has 0 aliphatic carbocycles. The Bertz CT molecular complexity index is 703. The van der Waals surface area contributed by atoms with Crippen LogP contribution in [0.2, 0.25) is 5.02 Å². The fourth-order valence-corrected chi connectivity index (χ4v) is 3.05. The second-order valence-electron chi connectivity index (χ2n) is 5.31. The summed E-state index contributed by atoms with van der Waals surface area (Å²) in [7, 11) is 0. The third-order valence-corrected chi connectivity index (χ3v) is 4.87. The van der Waals surface area contributed by atoms with Crippen LogP contribution in [0.5, 0.6) is 0 Å². The van der Waals surface area contributed by atoms with Crippen LogP contribution in [0.3, 0.4) is 0 Å². The molecule has 0 aromatic heterocycles. The number of hydrogen-bond acceptors (Lipinski definition) is 1. The molecule has 2 N–H and O–H groups in total. The molecule has 0 aliphatic heterocycles. The van der Waals surface area contributed by atoms with Crippen molar-refractivity contribution in [1.82, 2.24) is 5.32 Å². The van der Waals surface area contributed by atoms with Crippen molar-refractivity contribution in [2.24, 2.45) is 0 Å². The Kier molecular flexibility index (Phi) is 5.84. The van der Waals surface area contributed by atoms with Gasteiger partial charge in [-0.05, 0) is 78.2 Å². The molecule has 2 rings (SSSR count). The number of anilines is 1. The highest BCUT2D eigenvalue weighted by Crippen LogP contribution is 2.25. The fourth-order valence-electron chi connectivity index (χ4n) is 2.33. The van der Waals surface area contributed by atoms with Crippen LogP contribution in [0.4, 0.5) is 5.69 Å². The van der Waals surface area contributed by atoms with Crippen molar-refractivity contribution in [1.29, 1.82) is 0 Å². The molecule has 0 saturated heterocycles. The summed E-state index contributed by atoms with van der Waals surface area (Å²) < 4.78 is 0.863. The number of thiocarbonyl (C=S) groups is 1. The molecule has 116 valence electrons. The van der Waals surface area contributed by atoms with Gasteiger partial charge in [0.1, 0.15) is 0 Å². The van der Waals surface area contributed by atoms with Gasteiger partial charge in [-0.15, -0.1) is 0 Å². The summed E-state index contributed by atoms with van der Waals surface area (Å²) in [6, 6.07) is 12.2. The highest BCUT2D eigenvalue weighted by Gasteiger charge is 2.10. The number of halogens is 2. The quantitative estimate of drug-likeness (QED) is 0.643. The van der Waals surface area contributed by atoms with E-state index in [0.29, 0.717) is 10.1 Å². The van der Waals surface area contributed by atoms with E-state index in [1.165, 1.54) is 16.7 Å². The van der Waals surface area contributed by atoms with Gasteiger partial charge in [0.15, 0.2) is 5.11 Å². The Morgan fingerprint density at radius 3 is 2.55 bits per heavy atom. The molecule has 2 nitrogen and oxygen atoms in total. The highest BCUT2D eigenvalue weighted by atomic mass is 79.9. The third kappa shape index (κ3) is 4.45. The maximum absolute atomic E-state index is 6.08. The van der Waals surface area contributed by atoms with Crippen LogP contribution in [-0.4, -0.2) is 5.11 Å². The van der Waals surface area contributed by atoms with Crippen molar-refractivity contribution < 1.29 is 0 Å². The Balaban J connectivity index is 2.03. The van der Waals surface area contributed by atoms with E-state index in [4.69, 9.17) is 23.8 Å². The molecule has 1 atom stereocenters. The summed E-state index contributed by atoms with van der Waals surface area (Å²) in [5.74, 6) is 0. The number of hydrogen-bond donors (Lipinski definition) is 2. The Labute approximate surface area is 150 Å². The molecule has 0 bridgehead atoms. The molecule has 0 saturated carbocycles. The smallest absolute Gasteiger partial charge is 0.171 e. The second kappa shape index (κ2) is 7.44. The molecule has 2 aromatic carbocycles. The fraction of sp³-hybridized carbons (Fsp3) is 0.235. The van der Waals surface area contributed by atoms with Crippen LogP contribution in [0, 0.1) is 13.8 Å². The predicted molar refractivity (Wildman–Crippen MR) is 103 cm³/mol. The first-order valence-electron chi connectivity index (χ1n) is 6.96. The van der Waals surface area contributed by atoms with E-state index in [2.05, 4.69) is 65.5 Å². The maximum atomic E-state index is 6.08. The Hall–Kier alpha value is -1.10. The first-order chi connectivity index (χ1) is 10.4. The highest BCUT2D eigenvalue weighted by molar-refractivity contribution is 9.10. The normalized spacial score (nSPS) is 11.9. The minimum Gasteiger partial charge on any atom is -0.356 e. The number of aryl methyl sites for hydroxylation is 2. The molecule has 0 aliphatic rings. The standard InChI is InChI=1S/C17H18BrClN2S/c1-10-4-6-14(11(2)8-10)12(3)20-17(22)21-13-5-7-15(18)16(19)9-13/h4-9,12H,1-3H3,(H2,20,21,22). The lowest BCUT2D eigenvalue weighted by atomic mass is 10.0. The van der Waals surface area contributed by atoms with Crippen molar-refractivity contribution in [3.05, 3.63) is 62.6 Å². The van der Waals surface area contributed by atoms with Crippen molar-refractivity contribution in [2.45, 2.75) is 26.8 Å². The lowest BCUT2D eigenvalue weighted by Crippen LogP contribution is -2.31. The second-order valence-corrected chi connectivity index (χ2v) is 6.98. The molecule has 0 heterocycles. The van der Waals surface area contributed by atoms with E-state index in [-0.39, 0.29) is 6.04 Å². The van der Waals surface area contributed by atoms with Gasteiger partial charge in [0.2, 0.25) is 0 Å². The van der Waals surface area contributed by atoms with Gasteiger partial charge < -0.3 is 10.6 Å². The van der Waals surface area contributed by atoms with E-state index in [1.54, 1.807) is 0 Å². The minimum atomic E-state index is 0.131. The average molecular weight is 398 g/mol. The predicted octanol–water partition coefficient (Wildman–Crippen LogP) is 5.77. The molecule has 1 unspecified atom stereocenters. The molecule has 0 amide bonds. The van der Waals surface area contributed by atoms with Crippen molar-refractivity contribution in [2.75, 3.05) is 5.32 Å². The molecule has 0 radical (unpaired) electrons. The van der Waals surface area contributed by atoms with Gasteiger partial charge in [0.05, 0.1) is 11.1 Å². The van der Waals surface area contributed by atoms with Gasteiger partial charge in [0, 0.05) is 10.2 Å². The van der Waals surface area contributed by atoms with Gasteiger partial charge in [-0.1, -0.05) is 35.4 Å². The van der Waals surface area contributed by atoms with Crippen LogP contribution in [-0.2, 0) is 0 Å². The number of rotatable bonds is 3. The van der Waals surface area contributed by atoms with E-state index in [1.807, 2.05) is 18.2 Å².